The molecule has 52 heavy (non-hydrogen) atoms. The summed E-state index contributed by atoms with van der Waals surface area (Å²) < 4.78 is 16.6. The summed E-state index contributed by atoms with van der Waals surface area (Å²) in [7, 11) is 0. The molecule has 0 unspecified atom stereocenters. The van der Waals surface area contributed by atoms with E-state index in [1.54, 1.807) is 0 Å². The van der Waals surface area contributed by atoms with E-state index >= 15 is 0 Å². The average molecular weight is 737 g/mol. The molecule has 0 aromatic carbocycles. The number of rotatable bonds is 41. The normalized spacial score (nSPS) is 11.9. The van der Waals surface area contributed by atoms with E-state index < -0.39 is 6.10 Å². The van der Waals surface area contributed by atoms with Gasteiger partial charge in [-0.2, -0.15) is 0 Å². The largest absolute Gasteiger partial charge is 0.462 e. The molecule has 0 saturated carbocycles. The second-order valence-corrected chi connectivity index (χ2v) is 16.2. The van der Waals surface area contributed by atoms with E-state index in [1.165, 1.54) is 141 Å². The first-order valence-corrected chi connectivity index (χ1v) is 22.9. The number of carbonyl (C=O) groups excluding carboxylic acids is 3. The van der Waals surface area contributed by atoms with Crippen LogP contribution in [0.1, 0.15) is 252 Å². The predicted molar refractivity (Wildman–Crippen MR) is 220 cm³/mol. The highest BCUT2D eigenvalue weighted by molar-refractivity contribution is 5.71. The highest BCUT2D eigenvalue weighted by Gasteiger charge is 2.19. The molecule has 0 aliphatic heterocycles. The summed E-state index contributed by atoms with van der Waals surface area (Å²) in [5, 5.41) is 0. The molecule has 0 spiro atoms. The van der Waals surface area contributed by atoms with Crippen molar-refractivity contribution in [2.75, 3.05) is 13.2 Å². The molecule has 0 N–H and O–H groups in total. The Kier molecular flexibility index (Phi) is 39.4. The molecule has 0 aliphatic carbocycles. The fourth-order valence-corrected chi connectivity index (χ4v) is 6.80. The zero-order valence-corrected chi connectivity index (χ0v) is 35.3. The van der Waals surface area contributed by atoms with Crippen LogP contribution in [0.5, 0.6) is 0 Å². The number of carbonyl (C=O) groups is 3. The van der Waals surface area contributed by atoms with Gasteiger partial charge in [-0.1, -0.05) is 214 Å². The summed E-state index contributed by atoms with van der Waals surface area (Å²) in [5.41, 5.74) is 0. The van der Waals surface area contributed by atoms with E-state index in [4.69, 9.17) is 14.2 Å². The standard InChI is InChI=1S/C46H88O6/c1-5-7-9-11-12-13-14-15-16-17-18-19-20-21-22-23-26-31-35-39-46(49)52-43(40-50-44(47)37-33-28-10-8-6-2)41-51-45(48)38-34-30-27-24-25-29-32-36-42(3)4/h42-43H,5-41H2,1-4H3/t43-/m1/s1. The van der Waals surface area contributed by atoms with Gasteiger partial charge in [0.1, 0.15) is 13.2 Å². The molecule has 0 bridgehead atoms. The third-order valence-electron chi connectivity index (χ3n) is 10.3. The number of esters is 3. The first-order chi connectivity index (χ1) is 25.4. The van der Waals surface area contributed by atoms with E-state index in [9.17, 15) is 14.4 Å². The Bertz CT molecular complexity index is 781. The van der Waals surface area contributed by atoms with Crippen LogP contribution in [0.25, 0.3) is 0 Å². The van der Waals surface area contributed by atoms with Crippen LogP contribution < -0.4 is 0 Å². The van der Waals surface area contributed by atoms with Crippen molar-refractivity contribution in [2.24, 2.45) is 5.92 Å². The van der Waals surface area contributed by atoms with Crippen LogP contribution in [-0.4, -0.2) is 37.2 Å². The molecule has 0 rings (SSSR count). The Morgan fingerprint density at radius 2 is 0.635 bits per heavy atom. The van der Waals surface area contributed by atoms with Gasteiger partial charge in [0.15, 0.2) is 6.10 Å². The molecular weight excluding hydrogens is 648 g/mol. The molecule has 308 valence electrons. The van der Waals surface area contributed by atoms with Gasteiger partial charge in [0, 0.05) is 19.3 Å². The summed E-state index contributed by atoms with van der Waals surface area (Å²) in [6.45, 7) is 8.87. The fourth-order valence-electron chi connectivity index (χ4n) is 6.80. The van der Waals surface area contributed by atoms with Crippen molar-refractivity contribution in [3.05, 3.63) is 0 Å². The maximum absolute atomic E-state index is 12.7. The Hall–Kier alpha value is -1.59. The van der Waals surface area contributed by atoms with Crippen molar-refractivity contribution in [3.63, 3.8) is 0 Å². The van der Waals surface area contributed by atoms with Gasteiger partial charge in [-0.25, -0.2) is 0 Å². The molecule has 0 heterocycles. The minimum absolute atomic E-state index is 0.0661. The number of ether oxygens (including phenoxy) is 3. The Morgan fingerprint density at radius 1 is 0.365 bits per heavy atom. The van der Waals surface area contributed by atoms with Crippen LogP contribution in [0.4, 0.5) is 0 Å². The van der Waals surface area contributed by atoms with Crippen LogP contribution >= 0.6 is 0 Å². The second-order valence-electron chi connectivity index (χ2n) is 16.2. The molecular formula is C46H88O6. The van der Waals surface area contributed by atoms with Gasteiger partial charge in [-0.3, -0.25) is 14.4 Å². The Balaban J connectivity index is 4.11. The lowest BCUT2D eigenvalue weighted by atomic mass is 10.0. The molecule has 6 nitrogen and oxygen atoms in total. The van der Waals surface area contributed by atoms with Crippen LogP contribution in [-0.2, 0) is 28.6 Å². The zero-order valence-electron chi connectivity index (χ0n) is 35.3. The van der Waals surface area contributed by atoms with E-state index in [-0.39, 0.29) is 31.1 Å². The molecule has 0 aromatic heterocycles. The third kappa shape index (κ3) is 39.6. The van der Waals surface area contributed by atoms with Crippen LogP contribution in [0.15, 0.2) is 0 Å². The molecule has 0 fully saturated rings. The third-order valence-corrected chi connectivity index (χ3v) is 10.3. The molecule has 0 amide bonds. The smallest absolute Gasteiger partial charge is 0.306 e. The Morgan fingerprint density at radius 3 is 0.942 bits per heavy atom. The zero-order chi connectivity index (χ0) is 38.2. The molecule has 0 aromatic rings. The summed E-state index contributed by atoms with van der Waals surface area (Å²) in [6.07, 6.45) is 39.9. The molecule has 6 heteroatoms. The lowest BCUT2D eigenvalue weighted by molar-refractivity contribution is -0.167. The van der Waals surface area contributed by atoms with Crippen LogP contribution in [0.2, 0.25) is 0 Å². The van der Waals surface area contributed by atoms with Crippen LogP contribution in [0.3, 0.4) is 0 Å². The van der Waals surface area contributed by atoms with Gasteiger partial charge >= 0.3 is 17.9 Å². The number of unbranched alkanes of at least 4 members (excludes halogenated alkanes) is 28. The maximum Gasteiger partial charge on any atom is 0.306 e. The minimum Gasteiger partial charge on any atom is -0.462 e. The van der Waals surface area contributed by atoms with Gasteiger partial charge in [0.05, 0.1) is 0 Å². The van der Waals surface area contributed by atoms with Gasteiger partial charge in [0.25, 0.3) is 0 Å². The fraction of sp³-hybridized carbons (Fsp3) is 0.935. The van der Waals surface area contributed by atoms with E-state index in [0.29, 0.717) is 19.3 Å². The van der Waals surface area contributed by atoms with Crippen molar-refractivity contribution in [1.29, 1.82) is 0 Å². The van der Waals surface area contributed by atoms with Gasteiger partial charge in [-0.15, -0.1) is 0 Å². The van der Waals surface area contributed by atoms with E-state index in [2.05, 4.69) is 27.7 Å². The lowest BCUT2D eigenvalue weighted by Gasteiger charge is -2.18. The lowest BCUT2D eigenvalue weighted by Crippen LogP contribution is -2.30. The topological polar surface area (TPSA) is 78.9 Å². The summed E-state index contributed by atoms with van der Waals surface area (Å²) in [4.78, 5) is 37.4. The van der Waals surface area contributed by atoms with E-state index in [1.807, 2.05) is 0 Å². The second kappa shape index (κ2) is 40.6. The van der Waals surface area contributed by atoms with E-state index in [0.717, 1.165) is 70.1 Å². The predicted octanol–water partition coefficient (Wildman–Crippen LogP) is 14.3. The van der Waals surface area contributed by atoms with Crippen molar-refractivity contribution < 1.29 is 28.6 Å². The monoisotopic (exact) mass is 737 g/mol. The van der Waals surface area contributed by atoms with Crippen molar-refractivity contribution >= 4 is 17.9 Å². The summed E-state index contributed by atoms with van der Waals surface area (Å²) in [5.74, 6) is -0.0900. The molecule has 0 aliphatic rings. The molecule has 0 radical (unpaired) electrons. The summed E-state index contributed by atoms with van der Waals surface area (Å²) >= 11 is 0. The van der Waals surface area contributed by atoms with Crippen molar-refractivity contribution in [3.8, 4) is 0 Å². The SMILES string of the molecule is CCCCCCCCCCCCCCCCCCCCCC(=O)O[C@H](COC(=O)CCCCCCC)COC(=O)CCCCCCCCCC(C)C. The first-order valence-electron chi connectivity index (χ1n) is 22.9. The quantitative estimate of drug-likeness (QED) is 0.0353. The summed E-state index contributed by atoms with van der Waals surface area (Å²) in [6, 6.07) is 0. The highest BCUT2D eigenvalue weighted by Crippen LogP contribution is 2.16. The van der Waals surface area contributed by atoms with Gasteiger partial charge < -0.3 is 14.2 Å². The minimum atomic E-state index is -0.758. The van der Waals surface area contributed by atoms with Gasteiger partial charge in [-0.05, 0) is 25.2 Å². The molecule has 1 atom stereocenters. The van der Waals surface area contributed by atoms with Crippen LogP contribution in [0, 0.1) is 5.92 Å². The van der Waals surface area contributed by atoms with Gasteiger partial charge in [0.2, 0.25) is 0 Å². The average Bonchev–Trinajstić information content (AvgIpc) is 3.12. The number of hydrogen-bond acceptors (Lipinski definition) is 6. The van der Waals surface area contributed by atoms with Crippen molar-refractivity contribution in [2.45, 2.75) is 259 Å². The van der Waals surface area contributed by atoms with Crippen molar-refractivity contribution in [1.82, 2.24) is 0 Å². The Labute approximate surface area is 323 Å². The number of hydrogen-bond donors (Lipinski definition) is 0. The molecule has 0 saturated heterocycles. The highest BCUT2D eigenvalue weighted by atomic mass is 16.6. The first kappa shape index (κ1) is 50.4. The maximum atomic E-state index is 12.7.